The van der Waals surface area contributed by atoms with Crippen LogP contribution < -0.4 is 0 Å². The fourth-order valence-corrected chi connectivity index (χ4v) is 5.85. The predicted molar refractivity (Wildman–Crippen MR) is 131 cm³/mol. The van der Waals surface area contributed by atoms with Gasteiger partial charge in [-0.15, -0.1) is 0 Å². The van der Waals surface area contributed by atoms with Gasteiger partial charge in [0.25, 0.3) is 0 Å². The minimum atomic E-state index is -0.244. The lowest BCUT2D eigenvalue weighted by Crippen LogP contribution is -2.41. The van der Waals surface area contributed by atoms with E-state index in [-0.39, 0.29) is 18.5 Å². The SMILES string of the molecule is CCCCCCCCCCCc1ccc2c(c1)C1C=CC2C2OC(c3ccccc3)OC12. The Bertz CT molecular complexity index is 902. The number of rotatable bonds is 11. The number of hydrogen-bond donors (Lipinski definition) is 0. The van der Waals surface area contributed by atoms with Crippen LogP contribution in [0, 0.1) is 0 Å². The van der Waals surface area contributed by atoms with Gasteiger partial charge in [0.05, 0.1) is 12.2 Å². The van der Waals surface area contributed by atoms with Crippen molar-refractivity contribution in [2.75, 3.05) is 0 Å². The Kier molecular flexibility index (Phi) is 7.10. The van der Waals surface area contributed by atoms with Crippen molar-refractivity contribution < 1.29 is 9.47 Å². The summed E-state index contributed by atoms with van der Waals surface area (Å²) >= 11 is 0. The van der Waals surface area contributed by atoms with Gasteiger partial charge in [-0.3, -0.25) is 0 Å². The van der Waals surface area contributed by atoms with E-state index in [4.69, 9.17) is 9.47 Å². The number of unbranched alkanes of at least 4 members (excludes halogenated alkanes) is 8. The minimum absolute atomic E-state index is 0.130. The molecular weight excluding hydrogens is 392 g/mol. The lowest BCUT2D eigenvalue weighted by atomic mass is 9.68. The van der Waals surface area contributed by atoms with Crippen molar-refractivity contribution in [2.45, 2.75) is 101 Å². The maximum absolute atomic E-state index is 6.47. The van der Waals surface area contributed by atoms with Crippen LogP contribution in [0.5, 0.6) is 0 Å². The molecule has 0 aromatic heterocycles. The van der Waals surface area contributed by atoms with E-state index >= 15 is 0 Å². The lowest BCUT2D eigenvalue weighted by Gasteiger charge is -2.41. The van der Waals surface area contributed by atoms with E-state index in [1.165, 1.54) is 80.9 Å². The zero-order valence-corrected chi connectivity index (χ0v) is 19.5. The molecule has 2 bridgehead atoms. The maximum Gasteiger partial charge on any atom is 0.184 e. The van der Waals surface area contributed by atoms with E-state index in [0.29, 0.717) is 11.8 Å². The Balaban J connectivity index is 1.16. The van der Waals surface area contributed by atoms with Crippen LogP contribution in [0.3, 0.4) is 0 Å². The van der Waals surface area contributed by atoms with E-state index < -0.39 is 0 Å². The molecule has 6 rings (SSSR count). The molecule has 0 radical (unpaired) electrons. The van der Waals surface area contributed by atoms with Crippen LogP contribution in [0.4, 0.5) is 0 Å². The molecule has 0 amide bonds. The summed E-state index contributed by atoms with van der Waals surface area (Å²) in [5.74, 6) is 0.632. The van der Waals surface area contributed by atoms with Gasteiger partial charge >= 0.3 is 0 Å². The van der Waals surface area contributed by atoms with Crippen LogP contribution in [-0.2, 0) is 15.9 Å². The Morgan fingerprint density at radius 1 is 0.656 bits per heavy atom. The summed E-state index contributed by atoms with van der Waals surface area (Å²) in [5, 5.41) is 0. The third-order valence-corrected chi connectivity index (χ3v) is 7.63. The minimum Gasteiger partial charge on any atom is -0.341 e. The highest BCUT2D eigenvalue weighted by molar-refractivity contribution is 5.49. The van der Waals surface area contributed by atoms with E-state index in [1.807, 2.05) is 6.07 Å². The van der Waals surface area contributed by atoms with Crippen molar-refractivity contribution in [3.05, 3.63) is 82.9 Å². The zero-order chi connectivity index (χ0) is 21.8. The van der Waals surface area contributed by atoms with Crippen LogP contribution in [0.2, 0.25) is 0 Å². The zero-order valence-electron chi connectivity index (χ0n) is 19.5. The van der Waals surface area contributed by atoms with Crippen molar-refractivity contribution in [3.8, 4) is 0 Å². The molecule has 5 atom stereocenters. The second-order valence-electron chi connectivity index (χ2n) is 9.92. The van der Waals surface area contributed by atoms with Gasteiger partial charge in [-0.25, -0.2) is 0 Å². The molecule has 1 saturated heterocycles. The van der Waals surface area contributed by atoms with Crippen molar-refractivity contribution >= 4 is 0 Å². The summed E-state index contributed by atoms with van der Waals surface area (Å²) in [6.45, 7) is 2.29. The molecule has 3 aliphatic carbocycles. The lowest BCUT2D eigenvalue weighted by molar-refractivity contribution is -0.0693. The van der Waals surface area contributed by atoms with Crippen molar-refractivity contribution in [3.63, 3.8) is 0 Å². The van der Waals surface area contributed by atoms with E-state index in [9.17, 15) is 0 Å². The molecule has 1 fully saturated rings. The molecule has 170 valence electrons. The average Bonchev–Trinajstić information content (AvgIpc) is 3.31. The Morgan fingerprint density at radius 2 is 1.28 bits per heavy atom. The van der Waals surface area contributed by atoms with Crippen LogP contribution >= 0.6 is 0 Å². The summed E-state index contributed by atoms with van der Waals surface area (Å²) in [4.78, 5) is 0. The van der Waals surface area contributed by atoms with Gasteiger partial charge in [-0.1, -0.05) is 119 Å². The third kappa shape index (κ3) is 4.58. The Labute approximate surface area is 194 Å². The topological polar surface area (TPSA) is 18.5 Å². The highest BCUT2D eigenvalue weighted by atomic mass is 16.7. The molecular formula is C30H38O2. The van der Waals surface area contributed by atoms with Crippen LogP contribution in [0.1, 0.15) is 105 Å². The fourth-order valence-electron chi connectivity index (χ4n) is 5.85. The Morgan fingerprint density at radius 3 is 1.97 bits per heavy atom. The van der Waals surface area contributed by atoms with Gasteiger partial charge < -0.3 is 9.47 Å². The summed E-state index contributed by atoms with van der Waals surface area (Å²) in [5.41, 5.74) is 5.54. The quantitative estimate of drug-likeness (QED) is 0.266. The summed E-state index contributed by atoms with van der Waals surface area (Å²) in [7, 11) is 0. The molecule has 2 nitrogen and oxygen atoms in total. The first-order chi connectivity index (χ1) is 15.8. The number of aryl methyl sites for hydroxylation is 1. The van der Waals surface area contributed by atoms with Crippen molar-refractivity contribution in [2.24, 2.45) is 0 Å². The summed E-state index contributed by atoms with van der Waals surface area (Å²) in [6.07, 6.45) is 18.4. The molecule has 32 heavy (non-hydrogen) atoms. The molecule has 4 aliphatic rings. The van der Waals surface area contributed by atoms with Gasteiger partial charge in [0.1, 0.15) is 0 Å². The first-order valence-corrected chi connectivity index (χ1v) is 13.0. The summed E-state index contributed by atoms with van der Waals surface area (Å²) in [6, 6.07) is 17.6. The first kappa shape index (κ1) is 21.9. The van der Waals surface area contributed by atoms with Gasteiger partial charge in [0.15, 0.2) is 6.29 Å². The average molecular weight is 431 g/mol. The number of benzene rings is 2. The highest BCUT2D eigenvalue weighted by Crippen LogP contribution is 2.53. The van der Waals surface area contributed by atoms with E-state index in [2.05, 4.69) is 61.5 Å². The van der Waals surface area contributed by atoms with Crippen molar-refractivity contribution in [1.82, 2.24) is 0 Å². The largest absolute Gasteiger partial charge is 0.341 e. The monoisotopic (exact) mass is 430 g/mol. The number of ether oxygens (including phenoxy) is 2. The molecule has 0 N–H and O–H groups in total. The first-order valence-electron chi connectivity index (χ1n) is 13.0. The highest BCUT2D eigenvalue weighted by Gasteiger charge is 2.51. The second-order valence-corrected chi connectivity index (χ2v) is 9.92. The molecule has 0 spiro atoms. The van der Waals surface area contributed by atoms with Gasteiger partial charge in [-0.05, 0) is 29.5 Å². The van der Waals surface area contributed by atoms with Crippen LogP contribution in [0.15, 0.2) is 60.7 Å². The third-order valence-electron chi connectivity index (χ3n) is 7.63. The predicted octanol–water partition coefficient (Wildman–Crippen LogP) is 7.99. The fraction of sp³-hybridized carbons (Fsp3) is 0.533. The number of hydrogen-bond acceptors (Lipinski definition) is 2. The standard InChI is InChI=1S/C30H38O2/c1-2-3-4-5-6-7-8-9-11-14-22-17-18-24-25-19-20-26(27(24)21-22)29-28(25)31-30(32-29)23-15-12-10-13-16-23/h10,12-13,15-21,25-26,28-30H,2-9,11,14H2,1H3. The molecule has 1 aliphatic heterocycles. The van der Waals surface area contributed by atoms with Crippen molar-refractivity contribution in [1.29, 1.82) is 0 Å². The second kappa shape index (κ2) is 10.4. The normalized spacial score (nSPS) is 27.5. The molecule has 0 saturated carbocycles. The van der Waals surface area contributed by atoms with Gasteiger partial charge in [-0.2, -0.15) is 0 Å². The van der Waals surface area contributed by atoms with E-state index in [0.717, 1.165) is 5.56 Å². The summed E-state index contributed by atoms with van der Waals surface area (Å²) < 4.78 is 12.9. The molecule has 2 aromatic rings. The van der Waals surface area contributed by atoms with Gasteiger partial charge in [0.2, 0.25) is 0 Å². The van der Waals surface area contributed by atoms with Gasteiger partial charge in [0, 0.05) is 17.4 Å². The molecule has 2 heteroatoms. The molecule has 5 unspecified atom stereocenters. The molecule has 1 heterocycles. The Hall–Kier alpha value is -1.90. The van der Waals surface area contributed by atoms with E-state index in [1.54, 1.807) is 0 Å². The van der Waals surface area contributed by atoms with Crippen LogP contribution in [-0.4, -0.2) is 12.2 Å². The maximum atomic E-state index is 6.47. The van der Waals surface area contributed by atoms with Crippen LogP contribution in [0.25, 0.3) is 0 Å². The smallest absolute Gasteiger partial charge is 0.184 e. The molecule has 2 aromatic carbocycles.